The largest absolute Gasteiger partial charge is 0.480 e. The first-order valence-electron chi connectivity index (χ1n) is 15.3. The summed E-state index contributed by atoms with van der Waals surface area (Å²) in [5.74, 6) is -3.01. The molecule has 3 aromatic rings. The monoisotopic (exact) mass is 650 g/mol. The van der Waals surface area contributed by atoms with E-state index in [4.69, 9.17) is 16.3 Å². The fourth-order valence-corrected chi connectivity index (χ4v) is 6.81. The van der Waals surface area contributed by atoms with Crippen molar-refractivity contribution in [2.24, 2.45) is 0 Å². The van der Waals surface area contributed by atoms with E-state index in [9.17, 15) is 24.3 Å². The molecule has 3 fully saturated rings. The minimum Gasteiger partial charge on any atom is -0.480 e. The van der Waals surface area contributed by atoms with Crippen LogP contribution in [0.1, 0.15) is 31.2 Å². The number of carboxylic acid groups (broad SMARTS) is 1. The summed E-state index contributed by atoms with van der Waals surface area (Å²) in [5.41, 5.74) is 2.17. The average Bonchev–Trinajstić information content (AvgIpc) is 3.60. The number of ether oxygens (including phenoxy) is 1. The second-order valence-electron chi connectivity index (χ2n) is 11.7. The summed E-state index contributed by atoms with van der Waals surface area (Å²) in [6.07, 6.45) is 5.72. The number of amides is 3. The molecule has 3 aliphatic rings. The summed E-state index contributed by atoms with van der Waals surface area (Å²) < 4.78 is 6.83. The molecular formula is C31H35ClN8O6. The van der Waals surface area contributed by atoms with Gasteiger partial charge in [0.1, 0.15) is 12.4 Å². The zero-order chi connectivity index (χ0) is 32.4. The normalized spacial score (nSPS) is 22.0. The first-order valence-corrected chi connectivity index (χ1v) is 15.7. The molecule has 46 heavy (non-hydrogen) atoms. The zero-order valence-electron chi connectivity index (χ0n) is 25.4. The van der Waals surface area contributed by atoms with Crippen LogP contribution in [0.2, 0.25) is 5.02 Å². The van der Waals surface area contributed by atoms with Gasteiger partial charge < -0.3 is 24.5 Å². The lowest BCUT2D eigenvalue weighted by Gasteiger charge is -2.41. The average molecular weight is 651 g/mol. The Bertz CT molecular complexity index is 1590. The van der Waals surface area contributed by atoms with Crippen LogP contribution in [0.15, 0.2) is 48.8 Å². The van der Waals surface area contributed by atoms with Crippen molar-refractivity contribution in [3.8, 4) is 5.69 Å². The number of rotatable bonds is 9. The third-order valence-corrected chi connectivity index (χ3v) is 9.39. The number of aromatic nitrogens is 4. The number of piperazine rings is 2. The Labute approximate surface area is 270 Å². The van der Waals surface area contributed by atoms with Gasteiger partial charge in [-0.25, -0.2) is 4.79 Å². The summed E-state index contributed by atoms with van der Waals surface area (Å²) in [4.78, 5) is 58.6. The highest BCUT2D eigenvalue weighted by Crippen LogP contribution is 2.30. The van der Waals surface area contributed by atoms with Crippen molar-refractivity contribution in [2.45, 2.75) is 50.3 Å². The SMILES string of the molecule is COC1CCC(N2CCN(c3ccc(C[C@@H](C(=O)O)N4CCN(c5cc(Cl)ccc5-n5cnnn5)C(=O)C4=O)cc3)C(=O)C2)CC1. The van der Waals surface area contributed by atoms with Crippen LogP contribution < -0.4 is 9.80 Å². The summed E-state index contributed by atoms with van der Waals surface area (Å²) in [6.45, 7) is 1.76. The number of tetrazole rings is 1. The van der Waals surface area contributed by atoms with Gasteiger partial charge in [-0.15, -0.1) is 5.10 Å². The van der Waals surface area contributed by atoms with Crippen LogP contribution in [0.5, 0.6) is 0 Å². The second-order valence-corrected chi connectivity index (χ2v) is 12.2. The molecule has 0 bridgehead atoms. The summed E-state index contributed by atoms with van der Waals surface area (Å²) >= 11 is 6.21. The molecule has 0 spiro atoms. The Morgan fingerprint density at radius 2 is 1.70 bits per heavy atom. The van der Waals surface area contributed by atoms with Crippen molar-refractivity contribution in [1.82, 2.24) is 30.0 Å². The van der Waals surface area contributed by atoms with Crippen LogP contribution in [0, 0.1) is 0 Å². The zero-order valence-corrected chi connectivity index (χ0v) is 26.1. The van der Waals surface area contributed by atoms with Gasteiger partial charge in [0.15, 0.2) is 0 Å². The molecule has 2 saturated heterocycles. The number of carbonyl (C=O) groups excluding carboxylic acids is 3. The molecule has 2 aliphatic heterocycles. The predicted molar refractivity (Wildman–Crippen MR) is 167 cm³/mol. The van der Waals surface area contributed by atoms with E-state index in [1.165, 1.54) is 22.0 Å². The lowest BCUT2D eigenvalue weighted by atomic mass is 9.91. The van der Waals surface area contributed by atoms with Gasteiger partial charge in [-0.3, -0.25) is 19.3 Å². The van der Waals surface area contributed by atoms with Crippen molar-refractivity contribution in [1.29, 1.82) is 0 Å². The maximum absolute atomic E-state index is 13.3. The van der Waals surface area contributed by atoms with E-state index in [1.54, 1.807) is 48.4 Å². The third kappa shape index (κ3) is 6.46. The smallest absolute Gasteiger partial charge is 0.326 e. The van der Waals surface area contributed by atoms with Crippen molar-refractivity contribution in [3.05, 3.63) is 59.4 Å². The number of benzene rings is 2. The maximum atomic E-state index is 13.3. The fourth-order valence-electron chi connectivity index (χ4n) is 6.64. The van der Waals surface area contributed by atoms with Crippen LogP contribution >= 0.6 is 11.6 Å². The van der Waals surface area contributed by atoms with E-state index in [-0.39, 0.29) is 25.4 Å². The first-order chi connectivity index (χ1) is 22.2. The highest BCUT2D eigenvalue weighted by Gasteiger charge is 2.41. The van der Waals surface area contributed by atoms with Crippen molar-refractivity contribution < 1.29 is 29.0 Å². The quantitative estimate of drug-likeness (QED) is 0.339. The Hall–Kier alpha value is -4.40. The number of hydrogen-bond donors (Lipinski definition) is 1. The van der Waals surface area contributed by atoms with E-state index in [0.29, 0.717) is 47.2 Å². The van der Waals surface area contributed by atoms with Crippen LogP contribution in [-0.4, -0.2) is 117 Å². The van der Waals surface area contributed by atoms with Gasteiger partial charge in [0.2, 0.25) is 5.91 Å². The number of halogens is 1. The number of methoxy groups -OCH3 is 1. The lowest BCUT2D eigenvalue weighted by molar-refractivity contribution is -0.155. The molecule has 6 rings (SSSR count). The molecule has 2 aromatic carbocycles. The van der Waals surface area contributed by atoms with E-state index >= 15 is 0 Å². The topological polar surface area (TPSA) is 154 Å². The summed E-state index contributed by atoms with van der Waals surface area (Å²) in [5, 5.41) is 21.6. The van der Waals surface area contributed by atoms with Gasteiger partial charge in [-0.1, -0.05) is 23.7 Å². The van der Waals surface area contributed by atoms with Gasteiger partial charge in [-0.2, -0.15) is 4.68 Å². The van der Waals surface area contributed by atoms with Gasteiger partial charge in [-0.05, 0) is 72.0 Å². The minimum absolute atomic E-state index is 0.00640. The molecule has 1 N–H and O–H groups in total. The van der Waals surface area contributed by atoms with Crippen LogP contribution in [0.4, 0.5) is 11.4 Å². The molecular weight excluding hydrogens is 616 g/mol. The molecule has 1 aliphatic carbocycles. The van der Waals surface area contributed by atoms with Crippen LogP contribution in [0.25, 0.3) is 5.69 Å². The molecule has 15 heteroatoms. The summed E-state index contributed by atoms with van der Waals surface area (Å²) in [6, 6.07) is 11.0. The Kier molecular flexibility index (Phi) is 9.29. The minimum atomic E-state index is -1.26. The number of carboxylic acids is 1. The second kappa shape index (κ2) is 13.5. The number of hydrogen-bond acceptors (Lipinski definition) is 9. The van der Waals surface area contributed by atoms with E-state index in [1.807, 2.05) is 0 Å². The Balaban J connectivity index is 1.10. The van der Waals surface area contributed by atoms with Gasteiger partial charge in [0.05, 0.1) is 24.0 Å². The Morgan fingerprint density at radius 1 is 0.957 bits per heavy atom. The van der Waals surface area contributed by atoms with Crippen molar-refractivity contribution in [2.75, 3.05) is 49.6 Å². The Morgan fingerprint density at radius 3 is 2.35 bits per heavy atom. The number of nitrogens with zero attached hydrogens (tertiary/aromatic N) is 8. The molecule has 3 amide bonds. The van der Waals surface area contributed by atoms with Crippen molar-refractivity contribution >= 4 is 46.7 Å². The first kappa shape index (κ1) is 31.6. The third-order valence-electron chi connectivity index (χ3n) is 9.16. The van der Waals surface area contributed by atoms with Gasteiger partial charge >= 0.3 is 17.8 Å². The van der Waals surface area contributed by atoms with Crippen molar-refractivity contribution in [3.63, 3.8) is 0 Å². The lowest BCUT2D eigenvalue weighted by Crippen LogP contribution is -2.59. The van der Waals surface area contributed by atoms with Gasteiger partial charge in [0.25, 0.3) is 0 Å². The van der Waals surface area contributed by atoms with E-state index < -0.39 is 23.8 Å². The van der Waals surface area contributed by atoms with E-state index in [0.717, 1.165) is 42.8 Å². The van der Waals surface area contributed by atoms with Crippen LogP contribution in [-0.2, 0) is 30.3 Å². The molecule has 1 saturated carbocycles. The number of carbonyl (C=O) groups is 4. The maximum Gasteiger partial charge on any atom is 0.326 e. The fraction of sp³-hybridized carbons (Fsp3) is 0.452. The molecule has 14 nitrogen and oxygen atoms in total. The number of aliphatic carboxylic acids is 1. The molecule has 3 heterocycles. The predicted octanol–water partition coefficient (Wildman–Crippen LogP) is 1.79. The number of anilines is 2. The molecule has 0 radical (unpaired) electrons. The molecule has 1 aromatic heterocycles. The molecule has 242 valence electrons. The standard InChI is InChI=1S/C31H35ClN8O6/c1-46-24-9-7-22(8-10-24)36-12-13-37(28(41)18-36)23-5-2-20(3-6-23)16-27(31(44)45)39-15-14-38(29(42)30(39)43)26-17-21(32)4-11-25(26)40-19-33-34-35-40/h2-6,11,17,19,22,24,27H,7-10,12-16,18H2,1H3,(H,44,45)/t22?,24?,27-/m0/s1. The summed E-state index contributed by atoms with van der Waals surface area (Å²) in [7, 11) is 1.75. The highest BCUT2D eigenvalue weighted by molar-refractivity contribution is 6.41. The molecule has 1 atom stereocenters. The highest BCUT2D eigenvalue weighted by atomic mass is 35.5. The van der Waals surface area contributed by atoms with Gasteiger partial charge in [0, 0.05) is 56.5 Å². The van der Waals surface area contributed by atoms with E-state index in [2.05, 4.69) is 20.4 Å². The van der Waals surface area contributed by atoms with Crippen LogP contribution in [0.3, 0.4) is 0 Å². The molecule has 0 unspecified atom stereocenters.